The third-order valence-corrected chi connectivity index (χ3v) is 5.25. The highest BCUT2D eigenvalue weighted by atomic mass is 35.5. The molecule has 0 spiro atoms. The minimum atomic E-state index is -1.33. The molecule has 2 aliphatic rings. The number of hydrogen-bond donors (Lipinski definition) is 2. The highest BCUT2D eigenvalue weighted by Crippen LogP contribution is 2.48. The molecule has 33 heavy (non-hydrogen) atoms. The van der Waals surface area contributed by atoms with E-state index in [1.54, 1.807) is 20.8 Å². The van der Waals surface area contributed by atoms with E-state index in [1.165, 1.54) is 15.6 Å². The molecule has 0 saturated carbocycles. The van der Waals surface area contributed by atoms with Crippen molar-refractivity contribution in [2.24, 2.45) is 0 Å². The predicted molar refractivity (Wildman–Crippen MR) is 115 cm³/mol. The van der Waals surface area contributed by atoms with Crippen molar-refractivity contribution in [2.75, 3.05) is 31.6 Å². The Morgan fingerprint density at radius 2 is 1.97 bits per heavy atom. The Bertz CT molecular complexity index is 1150. The smallest absolute Gasteiger partial charge is 0.437 e. The summed E-state index contributed by atoms with van der Waals surface area (Å²) in [6.07, 6.45) is -1.30. The van der Waals surface area contributed by atoms with Crippen LogP contribution in [0.25, 0.3) is 11.5 Å². The van der Waals surface area contributed by atoms with Crippen LogP contribution >= 0.6 is 11.6 Å². The van der Waals surface area contributed by atoms with Gasteiger partial charge in [-0.15, -0.1) is 5.10 Å². The molecule has 0 unspecified atom stereocenters. The molecule has 12 nitrogen and oxygen atoms in total. The molecule has 2 N–H and O–H groups in total. The molecule has 1 aromatic carbocycles. The SMILES string of the molecule is CC(C)(C)OC(=O)N1CC[C@H](n2nc(-c3cc(Cl)c(NC(=O)O)c4c3OCCO4)oc2=O)C1. The number of likely N-dealkylation sites (tertiary alicyclic amines) is 1. The fraction of sp³-hybridized carbons (Fsp3) is 0.500. The zero-order chi connectivity index (χ0) is 23.9. The first kappa shape index (κ1) is 22.8. The lowest BCUT2D eigenvalue weighted by Gasteiger charge is -2.24. The molecule has 1 aromatic heterocycles. The molecule has 178 valence electrons. The first-order chi connectivity index (χ1) is 15.5. The molecule has 0 radical (unpaired) electrons. The zero-order valence-electron chi connectivity index (χ0n) is 18.2. The number of aromatic nitrogens is 2. The van der Waals surface area contributed by atoms with Gasteiger partial charge in [-0.2, -0.15) is 4.68 Å². The maximum Gasteiger partial charge on any atom is 0.437 e. The minimum absolute atomic E-state index is 0.0193. The van der Waals surface area contributed by atoms with E-state index in [-0.39, 0.29) is 53.4 Å². The second kappa shape index (κ2) is 8.50. The van der Waals surface area contributed by atoms with Crippen LogP contribution in [0, 0.1) is 0 Å². The lowest BCUT2D eigenvalue weighted by Crippen LogP contribution is -2.36. The van der Waals surface area contributed by atoms with E-state index < -0.39 is 29.6 Å². The van der Waals surface area contributed by atoms with E-state index in [0.717, 1.165) is 0 Å². The molecule has 4 rings (SSSR count). The van der Waals surface area contributed by atoms with Crippen molar-refractivity contribution in [3.63, 3.8) is 0 Å². The van der Waals surface area contributed by atoms with E-state index in [2.05, 4.69) is 10.4 Å². The Morgan fingerprint density at radius 3 is 2.64 bits per heavy atom. The van der Waals surface area contributed by atoms with Gasteiger partial charge >= 0.3 is 17.9 Å². The number of nitrogens with one attached hydrogen (secondary N) is 1. The standard InChI is InChI=1S/C20H23ClN4O8/c1-20(2,3)33-18(28)24-5-4-10(9-24)25-19(29)32-16(23-25)11-8-12(21)13(22-17(26)27)15-14(11)30-6-7-31-15/h8,10,22H,4-7,9H2,1-3H3,(H,26,27)/t10-/m0/s1. The summed E-state index contributed by atoms with van der Waals surface area (Å²) in [6, 6.07) is 0.983. The fourth-order valence-electron chi connectivity index (χ4n) is 3.62. The number of carbonyl (C=O) groups is 2. The van der Waals surface area contributed by atoms with Crippen molar-refractivity contribution < 1.29 is 33.3 Å². The molecular weight excluding hydrogens is 460 g/mol. The molecule has 1 fully saturated rings. The van der Waals surface area contributed by atoms with E-state index in [9.17, 15) is 14.4 Å². The Morgan fingerprint density at radius 1 is 1.27 bits per heavy atom. The van der Waals surface area contributed by atoms with Gasteiger partial charge in [-0.05, 0) is 33.3 Å². The van der Waals surface area contributed by atoms with Gasteiger partial charge in [0.1, 0.15) is 24.5 Å². The summed E-state index contributed by atoms with van der Waals surface area (Å²) in [7, 11) is 0. The third kappa shape index (κ3) is 4.70. The van der Waals surface area contributed by atoms with E-state index >= 15 is 0 Å². The minimum Gasteiger partial charge on any atom is -0.485 e. The number of halogens is 1. The maximum absolute atomic E-state index is 12.6. The molecule has 0 bridgehead atoms. The number of fused-ring (bicyclic) bond motifs is 1. The average molecular weight is 483 g/mol. The predicted octanol–water partition coefficient (Wildman–Crippen LogP) is 3.20. The number of ether oxygens (including phenoxy) is 3. The van der Waals surface area contributed by atoms with Gasteiger partial charge in [0.2, 0.25) is 0 Å². The summed E-state index contributed by atoms with van der Waals surface area (Å²) >= 11 is 6.27. The van der Waals surface area contributed by atoms with Gasteiger partial charge in [0, 0.05) is 13.1 Å². The summed E-state index contributed by atoms with van der Waals surface area (Å²) in [6.45, 7) is 6.36. The van der Waals surface area contributed by atoms with Crippen LogP contribution in [0.4, 0.5) is 15.3 Å². The van der Waals surface area contributed by atoms with Gasteiger partial charge in [-0.3, -0.25) is 5.32 Å². The lowest BCUT2D eigenvalue weighted by molar-refractivity contribution is 0.0288. The number of benzene rings is 1. The van der Waals surface area contributed by atoms with Crippen LogP contribution in [0.3, 0.4) is 0 Å². The lowest BCUT2D eigenvalue weighted by atomic mass is 10.1. The van der Waals surface area contributed by atoms with Crippen LogP contribution in [-0.2, 0) is 4.74 Å². The first-order valence-corrected chi connectivity index (χ1v) is 10.6. The van der Waals surface area contributed by atoms with Crippen molar-refractivity contribution in [3.05, 3.63) is 21.6 Å². The summed E-state index contributed by atoms with van der Waals surface area (Å²) in [5, 5.41) is 15.6. The van der Waals surface area contributed by atoms with Crippen molar-refractivity contribution in [1.82, 2.24) is 14.7 Å². The fourth-order valence-corrected chi connectivity index (χ4v) is 3.86. The van der Waals surface area contributed by atoms with E-state index in [4.69, 9.17) is 35.3 Å². The second-order valence-corrected chi connectivity index (χ2v) is 8.96. The van der Waals surface area contributed by atoms with Gasteiger partial charge in [0.25, 0.3) is 5.89 Å². The number of rotatable bonds is 3. The number of hydrogen-bond acceptors (Lipinski definition) is 8. The Labute approximate surface area is 193 Å². The van der Waals surface area contributed by atoms with Gasteiger partial charge in [-0.25, -0.2) is 14.4 Å². The first-order valence-electron chi connectivity index (χ1n) is 10.2. The molecule has 3 heterocycles. The van der Waals surface area contributed by atoms with Gasteiger partial charge in [0.15, 0.2) is 11.5 Å². The number of carbonyl (C=O) groups excluding carboxylic acids is 1. The summed E-state index contributed by atoms with van der Waals surface area (Å²) < 4.78 is 23.1. The third-order valence-electron chi connectivity index (χ3n) is 4.96. The summed E-state index contributed by atoms with van der Waals surface area (Å²) in [5.41, 5.74) is -0.369. The highest BCUT2D eigenvalue weighted by molar-refractivity contribution is 6.34. The van der Waals surface area contributed by atoms with E-state index in [0.29, 0.717) is 13.0 Å². The topological polar surface area (TPSA) is 145 Å². The van der Waals surface area contributed by atoms with Crippen LogP contribution in [0.1, 0.15) is 33.2 Å². The van der Waals surface area contributed by atoms with Crippen molar-refractivity contribution >= 4 is 29.5 Å². The molecular formula is C20H23ClN4O8. The molecule has 1 atom stereocenters. The number of amides is 2. The second-order valence-electron chi connectivity index (χ2n) is 8.55. The van der Waals surface area contributed by atoms with Crippen molar-refractivity contribution in [2.45, 2.75) is 38.8 Å². The number of nitrogens with zero attached hydrogens (tertiary/aromatic N) is 3. The average Bonchev–Trinajstić information content (AvgIpc) is 3.35. The molecule has 2 aliphatic heterocycles. The van der Waals surface area contributed by atoms with Crippen molar-refractivity contribution in [1.29, 1.82) is 0 Å². The van der Waals surface area contributed by atoms with Crippen LogP contribution in [0.2, 0.25) is 5.02 Å². The zero-order valence-corrected chi connectivity index (χ0v) is 19.0. The van der Waals surface area contributed by atoms with Crippen LogP contribution in [0.5, 0.6) is 11.5 Å². The van der Waals surface area contributed by atoms with Gasteiger partial charge in [0.05, 0.1) is 16.6 Å². The maximum atomic E-state index is 12.6. The van der Waals surface area contributed by atoms with Crippen molar-refractivity contribution in [3.8, 4) is 23.0 Å². The van der Waals surface area contributed by atoms with Crippen LogP contribution < -0.4 is 20.5 Å². The molecule has 1 saturated heterocycles. The normalized spacial score (nSPS) is 17.7. The largest absolute Gasteiger partial charge is 0.485 e. The quantitative estimate of drug-likeness (QED) is 0.673. The van der Waals surface area contributed by atoms with Gasteiger partial charge in [-0.1, -0.05) is 11.6 Å². The Hall–Kier alpha value is -3.41. The number of carboxylic acid groups (broad SMARTS) is 1. The molecule has 2 aromatic rings. The summed E-state index contributed by atoms with van der Waals surface area (Å²) in [4.78, 5) is 37.6. The highest BCUT2D eigenvalue weighted by Gasteiger charge is 2.34. The van der Waals surface area contributed by atoms with Gasteiger partial charge < -0.3 is 28.6 Å². The number of anilines is 1. The van der Waals surface area contributed by atoms with E-state index in [1.807, 2.05) is 0 Å². The van der Waals surface area contributed by atoms with Crippen LogP contribution in [-0.4, -0.2) is 63.9 Å². The Kier molecular flexibility index (Phi) is 5.87. The van der Waals surface area contributed by atoms with Crippen LogP contribution in [0.15, 0.2) is 15.3 Å². The monoisotopic (exact) mass is 482 g/mol. The Balaban J connectivity index is 1.63. The molecule has 2 amide bonds. The summed E-state index contributed by atoms with van der Waals surface area (Å²) in [5.74, 6) is -0.540. The molecule has 0 aliphatic carbocycles. The molecule has 13 heteroatoms.